The number of hydrogen-bond donors (Lipinski definition) is 1. The number of nitrogens with zero attached hydrogens (tertiary/aromatic N) is 1. The molecule has 0 aliphatic carbocycles. The number of nitrogens with two attached hydrogens (primary N) is 1. The largest absolute Gasteiger partial charge is 0.365 e. The second-order valence-corrected chi connectivity index (χ2v) is 8.78. The number of primary amides is 1. The molecule has 0 saturated heterocycles. The lowest BCUT2D eigenvalue weighted by molar-refractivity contribution is 0.100. The molecule has 0 radical (unpaired) electrons. The van der Waals surface area contributed by atoms with Gasteiger partial charge in [0.25, 0.3) is 15.9 Å². The molecule has 0 spiro atoms. The first kappa shape index (κ1) is 19.1. The normalized spacial score (nSPS) is 11.4. The van der Waals surface area contributed by atoms with Gasteiger partial charge >= 0.3 is 0 Å². The van der Waals surface area contributed by atoms with E-state index in [0.717, 1.165) is 21.2 Å². The first-order chi connectivity index (χ1) is 12.7. The quantitative estimate of drug-likeness (QED) is 0.703. The van der Waals surface area contributed by atoms with E-state index in [2.05, 4.69) is 0 Å². The summed E-state index contributed by atoms with van der Waals surface area (Å²) in [6, 6.07) is 12.5. The van der Waals surface area contributed by atoms with Crippen LogP contribution in [0.2, 0.25) is 0 Å². The standard InChI is InChI=1S/C19H17FN2O3S2/c1-12-5-3-8-15(9-12)22(2)27(24,25)18-16(11-26-17(18)19(21)23)13-6-4-7-14(20)10-13/h3-11H,1-2H3,(H2,21,23). The van der Waals surface area contributed by atoms with Crippen molar-refractivity contribution in [2.45, 2.75) is 11.8 Å². The van der Waals surface area contributed by atoms with Crippen LogP contribution in [0.3, 0.4) is 0 Å². The van der Waals surface area contributed by atoms with Gasteiger partial charge in [-0.25, -0.2) is 12.8 Å². The molecular formula is C19H17FN2O3S2. The number of carbonyl (C=O) groups excluding carboxylic acids is 1. The van der Waals surface area contributed by atoms with Crippen molar-refractivity contribution < 1.29 is 17.6 Å². The van der Waals surface area contributed by atoms with E-state index in [1.807, 2.05) is 13.0 Å². The van der Waals surface area contributed by atoms with E-state index in [-0.39, 0.29) is 15.3 Å². The molecule has 1 aromatic heterocycles. The van der Waals surface area contributed by atoms with E-state index < -0.39 is 21.7 Å². The smallest absolute Gasteiger partial charge is 0.266 e. The molecule has 3 aromatic rings. The summed E-state index contributed by atoms with van der Waals surface area (Å²) in [6.07, 6.45) is 0. The number of benzene rings is 2. The van der Waals surface area contributed by atoms with Gasteiger partial charge in [-0.2, -0.15) is 0 Å². The lowest BCUT2D eigenvalue weighted by Crippen LogP contribution is -2.28. The van der Waals surface area contributed by atoms with Gasteiger partial charge in [-0.15, -0.1) is 11.3 Å². The first-order valence-electron chi connectivity index (χ1n) is 7.94. The number of rotatable bonds is 5. The molecule has 0 saturated carbocycles. The van der Waals surface area contributed by atoms with Crippen LogP contribution >= 0.6 is 11.3 Å². The number of amides is 1. The molecule has 27 heavy (non-hydrogen) atoms. The van der Waals surface area contributed by atoms with Crippen molar-refractivity contribution in [1.29, 1.82) is 0 Å². The third-order valence-electron chi connectivity index (χ3n) is 4.09. The summed E-state index contributed by atoms with van der Waals surface area (Å²) in [6.45, 7) is 1.85. The monoisotopic (exact) mass is 404 g/mol. The molecule has 140 valence electrons. The molecule has 0 unspecified atom stereocenters. The van der Waals surface area contributed by atoms with Crippen molar-refractivity contribution in [2.24, 2.45) is 5.73 Å². The zero-order valence-corrected chi connectivity index (χ0v) is 16.3. The second-order valence-electron chi connectivity index (χ2n) is 5.99. The summed E-state index contributed by atoms with van der Waals surface area (Å²) in [4.78, 5) is 11.6. The molecule has 2 N–H and O–H groups in total. The molecule has 2 aromatic carbocycles. The minimum Gasteiger partial charge on any atom is -0.365 e. The van der Waals surface area contributed by atoms with E-state index in [1.54, 1.807) is 24.3 Å². The highest BCUT2D eigenvalue weighted by Gasteiger charge is 2.32. The van der Waals surface area contributed by atoms with Crippen LogP contribution in [0.15, 0.2) is 58.8 Å². The Morgan fingerprint density at radius 2 is 1.85 bits per heavy atom. The highest BCUT2D eigenvalue weighted by Crippen LogP contribution is 2.38. The van der Waals surface area contributed by atoms with Crippen molar-refractivity contribution in [3.05, 3.63) is 70.2 Å². The third kappa shape index (κ3) is 3.58. The summed E-state index contributed by atoms with van der Waals surface area (Å²) in [5.74, 6) is -1.35. The van der Waals surface area contributed by atoms with Crippen LogP contribution in [0, 0.1) is 12.7 Å². The average Bonchev–Trinajstić information content (AvgIpc) is 3.07. The molecule has 1 heterocycles. The van der Waals surface area contributed by atoms with E-state index >= 15 is 0 Å². The Labute approximate surface area is 160 Å². The Morgan fingerprint density at radius 1 is 1.15 bits per heavy atom. The predicted octanol–water partition coefficient (Wildman–Crippen LogP) is 3.79. The lowest BCUT2D eigenvalue weighted by Gasteiger charge is -2.21. The summed E-state index contributed by atoms with van der Waals surface area (Å²) >= 11 is 0.925. The van der Waals surface area contributed by atoms with E-state index in [4.69, 9.17) is 5.73 Å². The van der Waals surface area contributed by atoms with Gasteiger partial charge in [-0.05, 0) is 42.3 Å². The maximum Gasteiger partial charge on any atom is 0.266 e. The van der Waals surface area contributed by atoms with Gasteiger partial charge in [0.2, 0.25) is 0 Å². The fraction of sp³-hybridized carbons (Fsp3) is 0.105. The minimum absolute atomic E-state index is 0.0891. The van der Waals surface area contributed by atoms with Gasteiger partial charge < -0.3 is 5.73 Å². The van der Waals surface area contributed by atoms with Crippen molar-refractivity contribution in [2.75, 3.05) is 11.4 Å². The molecule has 0 bridgehead atoms. The van der Waals surface area contributed by atoms with E-state index in [1.165, 1.54) is 30.6 Å². The van der Waals surface area contributed by atoms with Crippen molar-refractivity contribution >= 4 is 33.0 Å². The Kier molecular flexibility index (Phi) is 5.03. The second kappa shape index (κ2) is 7.13. The summed E-state index contributed by atoms with van der Waals surface area (Å²) in [7, 11) is -2.71. The zero-order chi connectivity index (χ0) is 19.8. The van der Waals surface area contributed by atoms with Crippen LogP contribution in [0.1, 0.15) is 15.2 Å². The Balaban J connectivity index is 2.22. The highest BCUT2D eigenvalue weighted by molar-refractivity contribution is 7.93. The maximum atomic E-state index is 13.7. The van der Waals surface area contributed by atoms with E-state index in [9.17, 15) is 17.6 Å². The molecule has 0 aliphatic rings. The SMILES string of the molecule is Cc1cccc(N(C)S(=O)(=O)c2c(-c3cccc(F)c3)csc2C(N)=O)c1. The molecule has 3 rings (SSSR count). The van der Waals surface area contributed by atoms with Crippen molar-refractivity contribution in [3.63, 3.8) is 0 Å². The summed E-state index contributed by atoms with van der Waals surface area (Å²) < 4.78 is 41.4. The van der Waals surface area contributed by atoms with E-state index in [0.29, 0.717) is 11.3 Å². The molecule has 0 fully saturated rings. The summed E-state index contributed by atoms with van der Waals surface area (Å²) in [5.41, 5.74) is 7.35. The van der Waals surface area contributed by atoms with Crippen LogP contribution in [0.4, 0.5) is 10.1 Å². The first-order valence-corrected chi connectivity index (χ1v) is 10.3. The predicted molar refractivity (Wildman–Crippen MR) is 105 cm³/mol. The topological polar surface area (TPSA) is 80.5 Å². The Hall–Kier alpha value is -2.71. The molecule has 0 aliphatic heterocycles. The number of anilines is 1. The van der Waals surface area contributed by atoms with Gasteiger partial charge in [-0.1, -0.05) is 24.3 Å². The number of carbonyl (C=O) groups is 1. The fourth-order valence-corrected chi connectivity index (χ4v) is 5.54. The van der Waals surface area contributed by atoms with Crippen LogP contribution in [0.5, 0.6) is 0 Å². The molecule has 5 nitrogen and oxygen atoms in total. The molecule has 8 heteroatoms. The van der Waals surface area contributed by atoms with Gasteiger partial charge in [0, 0.05) is 18.0 Å². The maximum absolute atomic E-state index is 13.7. The van der Waals surface area contributed by atoms with Gasteiger partial charge in [-0.3, -0.25) is 9.10 Å². The van der Waals surface area contributed by atoms with Gasteiger partial charge in [0.05, 0.1) is 5.69 Å². The van der Waals surface area contributed by atoms with Crippen molar-refractivity contribution in [3.8, 4) is 11.1 Å². The van der Waals surface area contributed by atoms with Gasteiger partial charge in [0.15, 0.2) is 0 Å². The molecule has 0 atom stereocenters. The average molecular weight is 404 g/mol. The van der Waals surface area contributed by atoms with Crippen LogP contribution in [-0.4, -0.2) is 21.4 Å². The summed E-state index contributed by atoms with van der Waals surface area (Å²) in [5, 5.41) is 1.51. The number of hydrogen-bond acceptors (Lipinski definition) is 4. The number of aryl methyl sites for hydroxylation is 1. The molecule has 1 amide bonds. The van der Waals surface area contributed by atoms with Crippen LogP contribution < -0.4 is 10.0 Å². The number of sulfonamides is 1. The van der Waals surface area contributed by atoms with Crippen molar-refractivity contribution in [1.82, 2.24) is 0 Å². The number of halogens is 1. The molecular weight excluding hydrogens is 387 g/mol. The zero-order valence-electron chi connectivity index (χ0n) is 14.6. The fourth-order valence-electron chi connectivity index (χ4n) is 2.73. The Morgan fingerprint density at radius 3 is 2.48 bits per heavy atom. The third-order valence-corrected chi connectivity index (χ3v) is 7.08. The van der Waals surface area contributed by atoms with Gasteiger partial charge in [0.1, 0.15) is 15.6 Å². The van der Waals surface area contributed by atoms with Crippen LogP contribution in [-0.2, 0) is 10.0 Å². The highest BCUT2D eigenvalue weighted by atomic mass is 32.2. The Bertz CT molecular complexity index is 1120. The minimum atomic E-state index is -4.11. The number of thiophene rings is 1. The van der Waals surface area contributed by atoms with Crippen LogP contribution in [0.25, 0.3) is 11.1 Å². The lowest BCUT2D eigenvalue weighted by atomic mass is 10.1.